The van der Waals surface area contributed by atoms with Crippen LogP contribution >= 0.6 is 55.2 Å². The highest BCUT2D eigenvalue weighted by Gasteiger charge is 2.36. The van der Waals surface area contributed by atoms with Crippen molar-refractivity contribution in [2.45, 2.75) is 12.0 Å². The third-order valence-electron chi connectivity index (χ3n) is 4.61. The molecule has 1 amide bonds. The van der Waals surface area contributed by atoms with Gasteiger partial charge in [0.05, 0.1) is 10.2 Å². The average Bonchev–Trinajstić information content (AvgIpc) is 3.10. The Hall–Kier alpha value is -1.54. The molecule has 3 aromatic carbocycles. The van der Waals surface area contributed by atoms with Gasteiger partial charge in [0, 0.05) is 26.3 Å². The molecule has 0 spiro atoms. The van der Waals surface area contributed by atoms with E-state index in [9.17, 15) is 9.18 Å². The zero-order valence-corrected chi connectivity index (χ0v) is 20.2. The van der Waals surface area contributed by atoms with E-state index in [1.807, 2.05) is 24.3 Å². The lowest BCUT2D eigenvalue weighted by Gasteiger charge is -2.27. The fourth-order valence-electron chi connectivity index (χ4n) is 3.22. The Morgan fingerprint density at radius 3 is 2.60 bits per heavy atom. The molecule has 0 aromatic heterocycles. The van der Waals surface area contributed by atoms with Gasteiger partial charge in [0.25, 0.3) is 0 Å². The SMILES string of the molecule is O=C1CS[C@H](c2cc(Br)cc(Br)c2OCc2ccccc2F)N1c1ccc(Cl)cc1. The van der Waals surface area contributed by atoms with E-state index in [4.69, 9.17) is 16.3 Å². The first-order valence-corrected chi connectivity index (χ1v) is 12.0. The van der Waals surface area contributed by atoms with Gasteiger partial charge in [0.2, 0.25) is 5.91 Å². The number of thioether (sulfide) groups is 1. The first-order valence-electron chi connectivity index (χ1n) is 8.98. The van der Waals surface area contributed by atoms with Crippen LogP contribution in [0.4, 0.5) is 10.1 Å². The van der Waals surface area contributed by atoms with Crippen molar-refractivity contribution in [3.05, 3.63) is 91.6 Å². The smallest absolute Gasteiger partial charge is 0.238 e. The summed E-state index contributed by atoms with van der Waals surface area (Å²) >= 11 is 14.6. The highest BCUT2D eigenvalue weighted by Crippen LogP contribution is 2.48. The number of anilines is 1. The number of amides is 1. The van der Waals surface area contributed by atoms with Crippen molar-refractivity contribution in [1.82, 2.24) is 0 Å². The molecular weight excluding hydrogens is 557 g/mol. The zero-order valence-electron chi connectivity index (χ0n) is 15.4. The van der Waals surface area contributed by atoms with E-state index in [-0.39, 0.29) is 23.7 Å². The molecule has 1 aliphatic heterocycles. The first-order chi connectivity index (χ1) is 14.4. The minimum atomic E-state index is -0.319. The average molecular weight is 572 g/mol. The summed E-state index contributed by atoms with van der Waals surface area (Å²) in [6.07, 6.45) is 0. The Bertz CT molecular complexity index is 1100. The molecule has 154 valence electrons. The Morgan fingerprint density at radius 1 is 1.13 bits per heavy atom. The molecule has 30 heavy (non-hydrogen) atoms. The van der Waals surface area contributed by atoms with Crippen LogP contribution in [-0.4, -0.2) is 11.7 Å². The van der Waals surface area contributed by atoms with Gasteiger partial charge in [-0.1, -0.05) is 45.7 Å². The van der Waals surface area contributed by atoms with Crippen LogP contribution in [0.5, 0.6) is 5.75 Å². The molecule has 0 saturated carbocycles. The summed E-state index contributed by atoms with van der Waals surface area (Å²) < 4.78 is 21.7. The quantitative estimate of drug-likeness (QED) is 0.321. The van der Waals surface area contributed by atoms with E-state index >= 15 is 0 Å². The topological polar surface area (TPSA) is 29.5 Å². The van der Waals surface area contributed by atoms with Crippen molar-refractivity contribution in [3.8, 4) is 5.75 Å². The third kappa shape index (κ3) is 4.54. The third-order valence-corrected chi connectivity index (χ3v) is 7.10. The van der Waals surface area contributed by atoms with Gasteiger partial charge in [-0.15, -0.1) is 11.8 Å². The highest BCUT2D eigenvalue weighted by atomic mass is 79.9. The van der Waals surface area contributed by atoms with Crippen molar-refractivity contribution in [2.24, 2.45) is 0 Å². The van der Waals surface area contributed by atoms with E-state index in [1.54, 1.807) is 35.2 Å². The number of hydrogen-bond acceptors (Lipinski definition) is 3. The minimum Gasteiger partial charge on any atom is -0.487 e. The fraction of sp³-hybridized carbons (Fsp3) is 0.136. The number of halogens is 4. The second-order valence-corrected chi connectivity index (χ2v) is 9.86. The molecule has 8 heteroatoms. The van der Waals surface area contributed by atoms with Crippen LogP contribution in [0.25, 0.3) is 0 Å². The molecule has 1 aliphatic rings. The van der Waals surface area contributed by atoms with Crippen molar-refractivity contribution in [3.63, 3.8) is 0 Å². The van der Waals surface area contributed by atoms with Crippen LogP contribution in [0.15, 0.2) is 69.6 Å². The van der Waals surface area contributed by atoms with Crippen molar-refractivity contribution >= 4 is 66.8 Å². The van der Waals surface area contributed by atoms with Crippen LogP contribution < -0.4 is 9.64 Å². The van der Waals surface area contributed by atoms with Gasteiger partial charge in [-0.2, -0.15) is 0 Å². The van der Waals surface area contributed by atoms with Gasteiger partial charge in [-0.25, -0.2) is 4.39 Å². The summed E-state index contributed by atoms with van der Waals surface area (Å²) in [5, 5.41) is 0.316. The predicted molar refractivity (Wildman–Crippen MR) is 127 cm³/mol. The molecule has 0 radical (unpaired) electrons. The minimum absolute atomic E-state index is 0.00322. The van der Waals surface area contributed by atoms with E-state index in [0.717, 1.165) is 20.2 Å². The number of rotatable bonds is 5. The Labute approximate surface area is 199 Å². The summed E-state index contributed by atoms with van der Waals surface area (Å²) in [4.78, 5) is 14.4. The van der Waals surface area contributed by atoms with Gasteiger partial charge in [0.1, 0.15) is 23.5 Å². The van der Waals surface area contributed by atoms with Gasteiger partial charge < -0.3 is 4.74 Å². The Kier molecular flexibility index (Phi) is 6.72. The summed E-state index contributed by atoms with van der Waals surface area (Å²) in [5.41, 5.74) is 2.04. The molecule has 0 N–H and O–H groups in total. The largest absolute Gasteiger partial charge is 0.487 e. The van der Waals surface area contributed by atoms with Gasteiger partial charge in [0.15, 0.2) is 0 Å². The summed E-state index contributed by atoms with van der Waals surface area (Å²) in [5.74, 6) is 0.612. The van der Waals surface area contributed by atoms with Crippen molar-refractivity contribution in [1.29, 1.82) is 0 Å². The van der Waals surface area contributed by atoms with Crippen LogP contribution in [-0.2, 0) is 11.4 Å². The number of carbonyl (C=O) groups is 1. The van der Waals surface area contributed by atoms with Crippen LogP contribution in [0.3, 0.4) is 0 Å². The van der Waals surface area contributed by atoms with Gasteiger partial charge >= 0.3 is 0 Å². The number of nitrogens with zero attached hydrogens (tertiary/aromatic N) is 1. The Morgan fingerprint density at radius 2 is 1.87 bits per heavy atom. The fourth-order valence-corrected chi connectivity index (χ4v) is 5.90. The monoisotopic (exact) mass is 569 g/mol. The summed E-state index contributed by atoms with van der Waals surface area (Å²) in [7, 11) is 0. The lowest BCUT2D eigenvalue weighted by molar-refractivity contribution is -0.115. The molecule has 1 heterocycles. The molecule has 3 aromatic rings. The molecule has 0 aliphatic carbocycles. The molecular formula is C22H15Br2ClFNO2S. The maximum Gasteiger partial charge on any atom is 0.238 e. The van der Waals surface area contributed by atoms with Crippen LogP contribution in [0, 0.1) is 5.82 Å². The maximum atomic E-state index is 14.1. The molecule has 0 unspecified atom stereocenters. The lowest BCUT2D eigenvalue weighted by Crippen LogP contribution is -2.28. The molecule has 3 nitrogen and oxygen atoms in total. The van der Waals surface area contributed by atoms with Crippen molar-refractivity contribution < 1.29 is 13.9 Å². The molecule has 0 bridgehead atoms. The lowest BCUT2D eigenvalue weighted by atomic mass is 10.1. The molecule has 4 rings (SSSR count). The molecule has 1 atom stereocenters. The highest BCUT2D eigenvalue weighted by molar-refractivity contribution is 9.11. The van der Waals surface area contributed by atoms with E-state index < -0.39 is 0 Å². The standard InChI is InChI=1S/C22H15Br2ClFNO2S/c23-14-9-17(21(18(24)10-14)29-11-13-3-1-2-4-19(13)26)22-27(20(28)12-30-22)16-7-5-15(25)6-8-16/h1-10,22H,11-12H2/t22-/m1/s1. The predicted octanol–water partition coefficient (Wildman–Crippen LogP) is 7.36. The van der Waals surface area contributed by atoms with E-state index in [1.165, 1.54) is 17.8 Å². The maximum absolute atomic E-state index is 14.1. The number of hydrogen-bond donors (Lipinski definition) is 0. The van der Waals surface area contributed by atoms with Gasteiger partial charge in [-0.3, -0.25) is 9.69 Å². The second kappa shape index (κ2) is 9.30. The zero-order chi connectivity index (χ0) is 21.3. The summed E-state index contributed by atoms with van der Waals surface area (Å²) in [6.45, 7) is 0.0756. The van der Waals surface area contributed by atoms with Crippen molar-refractivity contribution in [2.75, 3.05) is 10.7 Å². The van der Waals surface area contributed by atoms with E-state index in [0.29, 0.717) is 22.1 Å². The molecule has 1 saturated heterocycles. The summed E-state index contributed by atoms with van der Waals surface area (Å²) in [6, 6.07) is 17.5. The van der Waals surface area contributed by atoms with Gasteiger partial charge in [-0.05, 0) is 58.4 Å². The Balaban J connectivity index is 1.71. The number of ether oxygens (including phenoxy) is 1. The first kappa shape index (κ1) is 21.7. The number of carbonyl (C=O) groups excluding carboxylic acids is 1. The second-order valence-electron chi connectivity index (χ2n) is 6.59. The normalized spacial score (nSPS) is 16.2. The van der Waals surface area contributed by atoms with Crippen LogP contribution in [0.2, 0.25) is 5.02 Å². The van der Waals surface area contributed by atoms with E-state index in [2.05, 4.69) is 31.9 Å². The number of benzene rings is 3. The van der Waals surface area contributed by atoms with Crippen LogP contribution in [0.1, 0.15) is 16.5 Å². The molecule has 1 fully saturated rings.